The Morgan fingerprint density at radius 1 is 1.11 bits per heavy atom. The fourth-order valence-electron chi connectivity index (χ4n) is 3.41. The van der Waals surface area contributed by atoms with Crippen LogP contribution in [0.15, 0.2) is 52.0 Å². The van der Waals surface area contributed by atoms with E-state index in [1.807, 2.05) is 0 Å². The van der Waals surface area contributed by atoms with Crippen molar-refractivity contribution in [2.75, 3.05) is 0 Å². The number of carbonyl (C=O) groups is 2. The smallest absolute Gasteiger partial charge is 0.273 e. The van der Waals surface area contributed by atoms with Crippen LogP contribution in [0.1, 0.15) is 41.1 Å². The zero-order valence-corrected chi connectivity index (χ0v) is 21.5. The predicted octanol–water partition coefficient (Wildman–Crippen LogP) is 5.68. The predicted molar refractivity (Wildman–Crippen MR) is 139 cm³/mol. The number of aryl methyl sites for hydroxylation is 1. The molecule has 0 aliphatic heterocycles. The minimum absolute atomic E-state index is 0.00513. The highest BCUT2D eigenvalue weighted by Crippen LogP contribution is 2.30. The second-order valence-electron chi connectivity index (χ2n) is 8.45. The van der Waals surface area contributed by atoms with Crippen LogP contribution in [0.5, 0.6) is 0 Å². The third-order valence-electron chi connectivity index (χ3n) is 5.53. The van der Waals surface area contributed by atoms with Crippen molar-refractivity contribution in [3.05, 3.63) is 85.1 Å². The lowest BCUT2D eigenvalue weighted by Gasteiger charge is -2.20. The maximum Gasteiger partial charge on any atom is 0.273 e. The molecule has 0 aliphatic rings. The van der Waals surface area contributed by atoms with Gasteiger partial charge in [0.1, 0.15) is 17.6 Å². The maximum atomic E-state index is 12.7. The number of rotatable bonds is 8. The second-order valence-corrected chi connectivity index (χ2v) is 9.29. The number of halogens is 2. The summed E-state index contributed by atoms with van der Waals surface area (Å²) in [6.07, 6.45) is 1.30. The zero-order valence-electron chi connectivity index (χ0n) is 20.0. The van der Waals surface area contributed by atoms with Crippen LogP contribution < -0.4 is 10.7 Å². The van der Waals surface area contributed by atoms with Crippen LogP contribution in [-0.4, -0.2) is 29.0 Å². The third kappa shape index (κ3) is 6.30. The zero-order chi connectivity index (χ0) is 26.6. The van der Waals surface area contributed by atoms with Gasteiger partial charge in [-0.15, -0.1) is 0 Å². The van der Waals surface area contributed by atoms with Gasteiger partial charge in [-0.05, 0) is 61.7 Å². The number of nitrogens with one attached hydrogen (secondary N) is 2. The molecule has 3 rings (SSSR count). The van der Waals surface area contributed by atoms with Gasteiger partial charge in [-0.2, -0.15) is 5.10 Å². The van der Waals surface area contributed by atoms with E-state index in [4.69, 9.17) is 27.6 Å². The lowest BCUT2D eigenvalue weighted by atomic mass is 10.0. The molecular formula is C25H24Cl2N4O5. The average molecular weight is 531 g/mol. The van der Waals surface area contributed by atoms with E-state index in [1.165, 1.54) is 30.5 Å². The summed E-state index contributed by atoms with van der Waals surface area (Å²) < 4.78 is 5.72. The molecule has 2 aromatic carbocycles. The van der Waals surface area contributed by atoms with Gasteiger partial charge in [-0.1, -0.05) is 37.0 Å². The number of hydrazone groups is 1. The molecule has 2 amide bonds. The highest BCUT2D eigenvalue weighted by atomic mass is 35.5. The monoisotopic (exact) mass is 530 g/mol. The summed E-state index contributed by atoms with van der Waals surface area (Å²) in [4.78, 5) is 36.2. The van der Waals surface area contributed by atoms with Crippen molar-refractivity contribution < 1.29 is 18.9 Å². The summed E-state index contributed by atoms with van der Waals surface area (Å²) >= 11 is 12.0. The molecule has 0 aliphatic carbocycles. The molecule has 3 aromatic rings. The summed E-state index contributed by atoms with van der Waals surface area (Å²) in [5.41, 5.74) is 4.50. The van der Waals surface area contributed by atoms with Crippen LogP contribution in [0, 0.1) is 29.9 Å². The Morgan fingerprint density at radius 2 is 1.83 bits per heavy atom. The van der Waals surface area contributed by atoms with Gasteiger partial charge < -0.3 is 9.73 Å². The largest absolute Gasteiger partial charge is 0.455 e. The summed E-state index contributed by atoms with van der Waals surface area (Å²) in [5.74, 6) is -0.555. The van der Waals surface area contributed by atoms with Crippen molar-refractivity contribution in [2.45, 2.75) is 33.7 Å². The summed E-state index contributed by atoms with van der Waals surface area (Å²) in [6, 6.07) is 10.1. The number of hydrogen-bond donors (Lipinski definition) is 2. The first-order chi connectivity index (χ1) is 17.0. The van der Waals surface area contributed by atoms with Crippen molar-refractivity contribution >= 4 is 46.9 Å². The van der Waals surface area contributed by atoms with Crippen LogP contribution in [0.2, 0.25) is 10.0 Å². The Bertz CT molecular complexity index is 1350. The van der Waals surface area contributed by atoms with Gasteiger partial charge in [-0.3, -0.25) is 19.7 Å². The van der Waals surface area contributed by atoms with E-state index in [2.05, 4.69) is 15.8 Å². The Labute approximate surface area is 217 Å². The molecular weight excluding hydrogens is 507 g/mol. The Hall–Kier alpha value is -3.69. The molecule has 0 spiro atoms. The molecule has 1 heterocycles. The van der Waals surface area contributed by atoms with Crippen molar-refractivity contribution in [1.29, 1.82) is 0 Å². The molecule has 1 aromatic heterocycles. The quantitative estimate of drug-likeness (QED) is 0.220. The standard InChI is InChI=1S/C25H24Cl2N4O5/c1-13(2)23(29-24(32)19-7-5-17(26)11-20(19)27)25(33)30-28-12-18-6-8-22(36-18)16-9-14(3)15(4)21(10-16)31(34)35/h5-13,23H,1-4H3,(H,29,32)(H,30,33)/b28-12+. The highest BCUT2D eigenvalue weighted by molar-refractivity contribution is 6.36. The SMILES string of the molecule is Cc1cc(-c2ccc(/C=N/NC(=O)C(NC(=O)c3ccc(Cl)cc3Cl)C(C)C)o2)cc([N+](=O)[O-])c1C. The van der Waals surface area contributed by atoms with Gasteiger partial charge in [0.15, 0.2) is 0 Å². The first kappa shape index (κ1) is 26.9. The lowest BCUT2D eigenvalue weighted by Crippen LogP contribution is -2.48. The fraction of sp³-hybridized carbons (Fsp3) is 0.240. The molecule has 0 saturated heterocycles. The lowest BCUT2D eigenvalue weighted by molar-refractivity contribution is -0.385. The molecule has 0 bridgehead atoms. The molecule has 0 saturated carbocycles. The Morgan fingerprint density at radius 3 is 2.47 bits per heavy atom. The van der Waals surface area contributed by atoms with Gasteiger partial charge in [0.25, 0.3) is 17.5 Å². The van der Waals surface area contributed by atoms with E-state index < -0.39 is 22.8 Å². The topological polar surface area (TPSA) is 127 Å². The molecule has 188 valence electrons. The first-order valence-corrected chi connectivity index (χ1v) is 11.7. The van der Waals surface area contributed by atoms with Crippen LogP contribution in [0.3, 0.4) is 0 Å². The summed E-state index contributed by atoms with van der Waals surface area (Å²) in [7, 11) is 0. The van der Waals surface area contributed by atoms with E-state index in [0.717, 1.165) is 5.56 Å². The van der Waals surface area contributed by atoms with Crippen molar-refractivity contribution in [3.8, 4) is 11.3 Å². The maximum absolute atomic E-state index is 12.7. The number of furan rings is 1. The minimum atomic E-state index is -0.885. The second kappa shape index (κ2) is 11.4. The van der Waals surface area contributed by atoms with E-state index in [0.29, 0.717) is 27.7 Å². The van der Waals surface area contributed by atoms with E-state index in [-0.39, 0.29) is 22.2 Å². The van der Waals surface area contributed by atoms with Gasteiger partial charge in [0, 0.05) is 22.2 Å². The van der Waals surface area contributed by atoms with Gasteiger partial charge >= 0.3 is 0 Å². The first-order valence-electron chi connectivity index (χ1n) is 10.9. The molecule has 2 N–H and O–H groups in total. The molecule has 1 unspecified atom stereocenters. The highest BCUT2D eigenvalue weighted by Gasteiger charge is 2.25. The van der Waals surface area contributed by atoms with Gasteiger partial charge in [0.2, 0.25) is 0 Å². The number of nitro benzene ring substituents is 1. The van der Waals surface area contributed by atoms with E-state index in [1.54, 1.807) is 45.9 Å². The number of nitrogens with zero attached hydrogens (tertiary/aromatic N) is 2. The van der Waals surface area contributed by atoms with E-state index >= 15 is 0 Å². The number of benzene rings is 2. The summed E-state index contributed by atoms with van der Waals surface area (Å²) in [5, 5.41) is 18.5. The van der Waals surface area contributed by atoms with Crippen molar-refractivity contribution in [3.63, 3.8) is 0 Å². The average Bonchev–Trinajstić information content (AvgIpc) is 3.27. The molecule has 1 atom stereocenters. The third-order valence-corrected chi connectivity index (χ3v) is 6.07. The van der Waals surface area contributed by atoms with Crippen LogP contribution in [0.25, 0.3) is 11.3 Å². The fourth-order valence-corrected chi connectivity index (χ4v) is 3.90. The molecule has 9 nitrogen and oxygen atoms in total. The number of amides is 2. The van der Waals surface area contributed by atoms with Crippen LogP contribution >= 0.6 is 23.2 Å². The molecule has 0 radical (unpaired) electrons. The van der Waals surface area contributed by atoms with Crippen molar-refractivity contribution in [2.24, 2.45) is 11.0 Å². The molecule has 0 fully saturated rings. The van der Waals surface area contributed by atoms with Crippen LogP contribution in [0.4, 0.5) is 5.69 Å². The molecule has 36 heavy (non-hydrogen) atoms. The van der Waals surface area contributed by atoms with E-state index in [9.17, 15) is 19.7 Å². The van der Waals surface area contributed by atoms with Crippen LogP contribution in [-0.2, 0) is 4.79 Å². The minimum Gasteiger partial charge on any atom is -0.455 e. The molecule has 11 heteroatoms. The Balaban J connectivity index is 1.69. The Kier molecular flexibility index (Phi) is 8.49. The number of hydrogen-bond acceptors (Lipinski definition) is 6. The van der Waals surface area contributed by atoms with Gasteiger partial charge in [0.05, 0.1) is 21.7 Å². The van der Waals surface area contributed by atoms with Gasteiger partial charge in [-0.25, -0.2) is 5.43 Å². The number of carbonyl (C=O) groups excluding carboxylic acids is 2. The summed E-state index contributed by atoms with van der Waals surface area (Å²) in [6.45, 7) is 7.03. The number of nitro groups is 1. The normalized spacial score (nSPS) is 12.1. The van der Waals surface area contributed by atoms with Crippen molar-refractivity contribution in [1.82, 2.24) is 10.7 Å².